The Bertz CT molecular complexity index is 853. The summed E-state index contributed by atoms with van der Waals surface area (Å²) in [5.74, 6) is 0.735. The van der Waals surface area contributed by atoms with E-state index in [0.29, 0.717) is 21.5 Å². The van der Waals surface area contributed by atoms with Gasteiger partial charge in [0, 0.05) is 11.9 Å². The van der Waals surface area contributed by atoms with Gasteiger partial charge in [0.25, 0.3) is 0 Å². The largest absolute Gasteiger partial charge is 0.310 e. The Labute approximate surface area is 136 Å². The topological polar surface area (TPSA) is 48.0 Å². The highest BCUT2D eigenvalue weighted by Gasteiger charge is 2.10. The van der Waals surface area contributed by atoms with E-state index in [-0.39, 0.29) is 0 Å². The van der Waals surface area contributed by atoms with Gasteiger partial charge in [-0.1, -0.05) is 41.6 Å². The van der Waals surface area contributed by atoms with E-state index in [1.807, 2.05) is 25.3 Å². The Morgan fingerprint density at radius 1 is 1.38 bits per heavy atom. The monoisotopic (exact) mass is 337 g/mol. The molecular weight excluding hydrogens is 326 g/mol. The molecule has 0 amide bonds. The zero-order valence-corrected chi connectivity index (χ0v) is 13.8. The summed E-state index contributed by atoms with van der Waals surface area (Å²) >= 11 is 12.7. The van der Waals surface area contributed by atoms with E-state index in [0.717, 1.165) is 17.0 Å². The van der Waals surface area contributed by atoms with Crippen molar-refractivity contribution in [2.45, 2.75) is 18.6 Å². The van der Waals surface area contributed by atoms with E-state index in [9.17, 15) is 0 Å². The molecule has 0 aliphatic heterocycles. The summed E-state index contributed by atoms with van der Waals surface area (Å²) < 4.78 is 4.41. The van der Waals surface area contributed by atoms with Crippen LogP contribution < -0.4 is 0 Å². The molecule has 5 nitrogen and oxygen atoms in total. The lowest BCUT2D eigenvalue weighted by molar-refractivity contribution is 0.734. The molecular formula is C13H12ClN5S2. The first kappa shape index (κ1) is 14.5. The van der Waals surface area contributed by atoms with E-state index >= 15 is 0 Å². The van der Waals surface area contributed by atoms with Crippen molar-refractivity contribution in [1.29, 1.82) is 0 Å². The first-order valence-corrected chi connectivity index (χ1v) is 8.21. The molecule has 0 unspecified atom stereocenters. The van der Waals surface area contributed by atoms with Crippen molar-refractivity contribution in [1.82, 2.24) is 24.1 Å². The number of fused-ring (bicyclic) bond motifs is 1. The lowest BCUT2D eigenvalue weighted by Crippen LogP contribution is -2.10. The van der Waals surface area contributed by atoms with E-state index < -0.39 is 0 Å². The molecule has 0 N–H and O–H groups in total. The number of pyridine rings is 1. The summed E-state index contributed by atoms with van der Waals surface area (Å²) in [6.45, 7) is 2.65. The first-order chi connectivity index (χ1) is 10.1. The van der Waals surface area contributed by atoms with Crippen molar-refractivity contribution in [2.24, 2.45) is 0 Å². The number of halogens is 1. The first-order valence-electron chi connectivity index (χ1n) is 6.20. The van der Waals surface area contributed by atoms with Crippen molar-refractivity contribution in [3.05, 3.63) is 45.4 Å². The van der Waals surface area contributed by atoms with Crippen LogP contribution in [0.5, 0.6) is 0 Å². The minimum Gasteiger partial charge on any atom is -0.310 e. The summed E-state index contributed by atoms with van der Waals surface area (Å²) in [5.41, 5.74) is 2.07. The van der Waals surface area contributed by atoms with Crippen LogP contribution in [0, 0.1) is 11.6 Å². The molecule has 0 aliphatic carbocycles. The molecule has 0 atom stereocenters. The van der Waals surface area contributed by atoms with Crippen molar-refractivity contribution < 1.29 is 0 Å². The van der Waals surface area contributed by atoms with Gasteiger partial charge in [0.15, 0.2) is 0 Å². The lowest BCUT2D eigenvalue weighted by Gasteiger charge is -2.11. The van der Waals surface area contributed by atoms with Crippen molar-refractivity contribution in [2.75, 3.05) is 6.26 Å². The van der Waals surface area contributed by atoms with Gasteiger partial charge in [0.2, 0.25) is 10.9 Å². The van der Waals surface area contributed by atoms with Gasteiger partial charge in [0.1, 0.15) is 9.79 Å². The van der Waals surface area contributed by atoms with Crippen LogP contribution in [0.4, 0.5) is 0 Å². The van der Waals surface area contributed by atoms with Crippen LogP contribution in [0.3, 0.4) is 0 Å². The van der Waals surface area contributed by atoms with E-state index in [4.69, 9.17) is 23.8 Å². The highest BCUT2D eigenvalue weighted by molar-refractivity contribution is 7.98. The second-order valence-electron chi connectivity index (χ2n) is 4.51. The second kappa shape index (κ2) is 5.75. The molecule has 0 aromatic carbocycles. The fraction of sp³-hybridized carbons (Fsp3) is 0.231. The molecule has 0 saturated heterocycles. The van der Waals surface area contributed by atoms with Gasteiger partial charge in [-0.2, -0.15) is 9.50 Å². The third-order valence-electron chi connectivity index (χ3n) is 3.09. The molecule has 0 aliphatic rings. The van der Waals surface area contributed by atoms with Gasteiger partial charge in [-0.25, -0.2) is 4.98 Å². The van der Waals surface area contributed by atoms with Gasteiger partial charge < -0.3 is 4.57 Å². The SMILES string of the molecule is CSc1nc2n(Cc3ccc(Cl)nc3)c(C)cc(=S)n2n1. The predicted octanol–water partition coefficient (Wildman–Crippen LogP) is 3.39. The molecule has 0 saturated carbocycles. The van der Waals surface area contributed by atoms with Gasteiger partial charge >= 0.3 is 0 Å². The number of hydrogen-bond acceptors (Lipinski definition) is 5. The molecule has 0 radical (unpaired) electrons. The van der Waals surface area contributed by atoms with Gasteiger partial charge in [-0.05, 0) is 30.9 Å². The summed E-state index contributed by atoms with van der Waals surface area (Å²) in [7, 11) is 0. The maximum atomic E-state index is 5.82. The van der Waals surface area contributed by atoms with Gasteiger partial charge in [0.05, 0.1) is 6.54 Å². The molecule has 3 heterocycles. The average Bonchev–Trinajstić information content (AvgIpc) is 2.90. The van der Waals surface area contributed by atoms with E-state index in [1.54, 1.807) is 16.8 Å². The molecule has 0 fully saturated rings. The average molecular weight is 338 g/mol. The summed E-state index contributed by atoms with van der Waals surface area (Å²) in [6.07, 6.45) is 3.71. The molecule has 3 aromatic rings. The Morgan fingerprint density at radius 2 is 2.19 bits per heavy atom. The maximum absolute atomic E-state index is 5.82. The standard InChI is InChI=1S/C13H12ClN5S2/c1-8-5-11(20)19-13(16-12(17-19)21-2)18(8)7-9-3-4-10(14)15-6-9/h3-6H,7H2,1-2H3. The van der Waals surface area contributed by atoms with Crippen LogP contribution in [0.25, 0.3) is 5.78 Å². The summed E-state index contributed by atoms with van der Waals surface area (Å²) in [4.78, 5) is 8.64. The number of rotatable bonds is 3. The summed E-state index contributed by atoms with van der Waals surface area (Å²) in [6, 6.07) is 5.65. The number of nitrogens with zero attached hydrogens (tertiary/aromatic N) is 5. The maximum Gasteiger partial charge on any atom is 0.235 e. The fourth-order valence-corrected chi connectivity index (χ4v) is 2.79. The minimum atomic E-state index is 0.485. The number of hydrogen-bond donors (Lipinski definition) is 0. The highest BCUT2D eigenvalue weighted by Crippen LogP contribution is 2.16. The third-order valence-corrected chi connectivity index (χ3v) is 4.14. The molecule has 0 bridgehead atoms. The van der Waals surface area contributed by atoms with Gasteiger partial charge in [-0.3, -0.25) is 0 Å². The molecule has 3 aromatic heterocycles. The number of aryl methyl sites for hydroxylation is 1. The smallest absolute Gasteiger partial charge is 0.235 e. The van der Waals surface area contributed by atoms with Gasteiger partial charge in [-0.15, -0.1) is 5.10 Å². The van der Waals surface area contributed by atoms with E-state index in [1.165, 1.54) is 11.8 Å². The molecule has 8 heteroatoms. The van der Waals surface area contributed by atoms with E-state index in [2.05, 4.69) is 19.6 Å². The Balaban J connectivity index is 2.14. The van der Waals surface area contributed by atoms with Crippen LogP contribution in [0.1, 0.15) is 11.3 Å². The van der Waals surface area contributed by atoms with Crippen LogP contribution in [-0.2, 0) is 6.54 Å². The van der Waals surface area contributed by atoms with Crippen LogP contribution in [0.2, 0.25) is 5.15 Å². The lowest BCUT2D eigenvalue weighted by atomic mass is 10.3. The van der Waals surface area contributed by atoms with Crippen molar-refractivity contribution in [3.63, 3.8) is 0 Å². The Morgan fingerprint density at radius 3 is 2.86 bits per heavy atom. The van der Waals surface area contributed by atoms with Crippen molar-refractivity contribution >= 4 is 41.4 Å². The van der Waals surface area contributed by atoms with Crippen LogP contribution in [0.15, 0.2) is 29.6 Å². The molecule has 21 heavy (non-hydrogen) atoms. The molecule has 3 rings (SSSR count). The van der Waals surface area contributed by atoms with Crippen LogP contribution in [-0.4, -0.2) is 30.4 Å². The predicted molar refractivity (Wildman–Crippen MR) is 86.7 cm³/mol. The third kappa shape index (κ3) is 2.81. The zero-order chi connectivity index (χ0) is 15.0. The van der Waals surface area contributed by atoms with Crippen LogP contribution >= 0.6 is 35.6 Å². The zero-order valence-electron chi connectivity index (χ0n) is 11.4. The number of aromatic nitrogens is 5. The minimum absolute atomic E-state index is 0.485. The highest BCUT2D eigenvalue weighted by atomic mass is 35.5. The molecule has 0 spiro atoms. The quantitative estimate of drug-likeness (QED) is 0.416. The summed E-state index contributed by atoms with van der Waals surface area (Å²) in [5, 5.41) is 5.58. The number of thioether (sulfide) groups is 1. The Kier molecular flexibility index (Phi) is 3.97. The molecule has 108 valence electrons. The normalized spacial score (nSPS) is 11.2. The Hall–Kier alpha value is -1.44. The fourth-order valence-electron chi connectivity index (χ4n) is 2.05. The van der Waals surface area contributed by atoms with Crippen molar-refractivity contribution in [3.8, 4) is 0 Å². The second-order valence-corrected chi connectivity index (χ2v) is 6.09.